The number of fused-ring (bicyclic) bond motifs is 20. The van der Waals surface area contributed by atoms with Gasteiger partial charge in [-0.1, -0.05) is 350 Å². The zero-order valence-corrected chi connectivity index (χ0v) is 66.7. The number of rotatable bonds is 8. The van der Waals surface area contributed by atoms with Gasteiger partial charge in [0.2, 0.25) is 0 Å². The van der Waals surface area contributed by atoms with Gasteiger partial charge < -0.3 is 18.8 Å². The van der Waals surface area contributed by atoms with Gasteiger partial charge in [0, 0.05) is 65.7 Å². The van der Waals surface area contributed by atoms with Crippen LogP contribution >= 0.6 is 15.9 Å². The van der Waals surface area contributed by atoms with Crippen molar-refractivity contribution in [1.82, 2.24) is 29.9 Å². The molecule has 0 radical (unpaired) electrons. The Morgan fingerprint density at radius 2 is 0.534 bits per heavy atom. The molecule has 0 N–H and O–H groups in total. The normalized spacial score (nSPS) is 14.5. The van der Waals surface area contributed by atoms with Gasteiger partial charge in [-0.05, 0) is 147 Å². The minimum Gasteiger partial charge on any atom is -0.457 e. The third-order valence-corrected chi connectivity index (χ3v) is 24.9. The first-order chi connectivity index (χ1) is 57.9. The first kappa shape index (κ1) is 71.9. The van der Waals surface area contributed by atoms with Crippen LogP contribution < -0.4 is 14.9 Å². The third kappa shape index (κ3) is 12.0. The van der Waals surface area contributed by atoms with Crippen molar-refractivity contribution >= 4 is 50.1 Å². The summed E-state index contributed by atoms with van der Waals surface area (Å²) >= 11 is 3.82. The second kappa shape index (κ2) is 28.8. The quantitative estimate of drug-likeness (QED) is 0.136. The lowest BCUT2D eigenvalue weighted by Crippen LogP contribution is -2.41. The third-order valence-electron chi connectivity index (χ3n) is 24.2. The van der Waals surface area contributed by atoms with Crippen molar-refractivity contribution in [2.75, 3.05) is 0 Å². The Balaban J connectivity index is 0.000000117. The van der Waals surface area contributed by atoms with Crippen LogP contribution in [0.5, 0.6) is 23.0 Å². The maximum atomic E-state index is 6.54. The second-order valence-corrected chi connectivity index (χ2v) is 32.3. The van der Waals surface area contributed by atoms with Crippen molar-refractivity contribution in [1.29, 1.82) is 0 Å². The van der Waals surface area contributed by atoms with Crippen molar-refractivity contribution in [3.8, 4) is 125 Å². The summed E-state index contributed by atoms with van der Waals surface area (Å²) in [6.45, 7) is 8.24. The highest BCUT2D eigenvalue weighted by atomic mass is 79.9. The summed E-state index contributed by atoms with van der Waals surface area (Å²) in [4.78, 5) is 29.7. The molecular weight excluding hydrogens is 1510 g/mol. The molecule has 5 aliphatic rings. The summed E-state index contributed by atoms with van der Waals surface area (Å²) in [6, 6.07) is 131. The molecule has 5 heterocycles. The Hall–Kier alpha value is -13.9. The van der Waals surface area contributed by atoms with E-state index in [2.05, 4.69) is 311 Å². The van der Waals surface area contributed by atoms with Gasteiger partial charge in [-0.25, -0.2) is 29.9 Å². The van der Waals surface area contributed by atoms with Crippen molar-refractivity contribution in [3.63, 3.8) is 0 Å². The van der Waals surface area contributed by atoms with Crippen LogP contribution in [0.15, 0.2) is 381 Å². The molecule has 562 valence electrons. The predicted molar refractivity (Wildman–Crippen MR) is 477 cm³/mol. The van der Waals surface area contributed by atoms with Crippen molar-refractivity contribution in [3.05, 3.63) is 425 Å². The Kier molecular flexibility index (Phi) is 17.6. The van der Waals surface area contributed by atoms with Crippen LogP contribution in [0.2, 0.25) is 0 Å². The fourth-order valence-corrected chi connectivity index (χ4v) is 18.5. The van der Waals surface area contributed by atoms with Crippen molar-refractivity contribution < 1.29 is 18.8 Å². The summed E-state index contributed by atoms with van der Waals surface area (Å²) < 4.78 is 26.4. The van der Waals surface area contributed by atoms with E-state index in [1.54, 1.807) is 0 Å². The van der Waals surface area contributed by atoms with Crippen LogP contribution in [0.4, 0.5) is 0 Å². The highest BCUT2D eigenvalue weighted by Crippen LogP contribution is 2.65. The van der Waals surface area contributed by atoms with E-state index in [0.29, 0.717) is 34.9 Å². The Bertz CT molecular complexity index is 6890. The molecule has 0 unspecified atom stereocenters. The lowest BCUT2D eigenvalue weighted by molar-refractivity contribution is 0.00578. The first-order valence-corrected chi connectivity index (χ1v) is 40.7. The van der Waals surface area contributed by atoms with Crippen molar-refractivity contribution in [2.24, 2.45) is 0 Å². The molecule has 12 heteroatoms. The molecule has 0 bridgehead atoms. The number of nitrogens with zero attached hydrogens (tertiary/aromatic N) is 6. The number of hydrogen-bond donors (Lipinski definition) is 0. The molecule has 0 atom stereocenters. The van der Waals surface area contributed by atoms with Crippen LogP contribution in [0, 0.1) is 0 Å². The number of halogens is 1. The van der Waals surface area contributed by atoms with E-state index in [-0.39, 0.29) is 16.6 Å². The SMILES string of the molecule is Brc1cccc2c1-c1ccccc1C21c2ccccc2Oc2ccccc21.CC1(C)OB(c2ccc(-c3nc(-c4ccccc4)nc(-c4ccc5ccccc5c4)n3)cc2)OC1(C)C.c1ccc(-c2nc(-c3ccc(-c4cccc5c4-c4ccccc4C54c5ccccc5Oc5ccccc54)cc3)nc(-c3ccc4ccccc4c3)n2)cc1. The van der Waals surface area contributed by atoms with E-state index in [1.165, 1.54) is 72.0 Å². The summed E-state index contributed by atoms with van der Waals surface area (Å²) in [6.07, 6.45) is 0. The zero-order valence-electron chi connectivity index (χ0n) is 65.1. The summed E-state index contributed by atoms with van der Waals surface area (Å²) in [5, 5.41) is 4.66. The van der Waals surface area contributed by atoms with E-state index in [0.717, 1.165) is 93.8 Å². The highest BCUT2D eigenvalue weighted by Gasteiger charge is 2.54. The zero-order chi connectivity index (χ0) is 79.3. The number of ether oxygens (including phenoxy) is 2. The molecule has 3 aliphatic heterocycles. The van der Waals surface area contributed by atoms with E-state index in [1.807, 2.05) is 109 Å². The predicted octanol–water partition coefficient (Wildman–Crippen LogP) is 25.4. The van der Waals surface area contributed by atoms with Crippen LogP contribution in [0.3, 0.4) is 0 Å². The number of hydrogen-bond acceptors (Lipinski definition) is 10. The smallest absolute Gasteiger partial charge is 0.457 e. The number of aromatic nitrogens is 6. The van der Waals surface area contributed by atoms with Gasteiger partial charge in [0.15, 0.2) is 34.9 Å². The summed E-state index contributed by atoms with van der Waals surface area (Å²) in [5.74, 6) is 7.48. The Labute approximate surface area is 693 Å². The average molecular weight is 1590 g/mol. The maximum Gasteiger partial charge on any atom is 0.494 e. The topological polar surface area (TPSA) is 114 Å². The molecule has 1 fully saturated rings. The monoisotopic (exact) mass is 1580 g/mol. The minimum atomic E-state index is -0.509. The van der Waals surface area contributed by atoms with Gasteiger partial charge in [0.05, 0.1) is 22.0 Å². The van der Waals surface area contributed by atoms with Crippen molar-refractivity contribution in [2.45, 2.75) is 49.7 Å². The Morgan fingerprint density at radius 1 is 0.237 bits per heavy atom. The Morgan fingerprint density at radius 3 is 0.966 bits per heavy atom. The number of benzene rings is 16. The molecule has 1 saturated heterocycles. The largest absolute Gasteiger partial charge is 0.494 e. The summed E-state index contributed by atoms with van der Waals surface area (Å²) in [5.41, 5.74) is 22.2. The van der Waals surface area contributed by atoms with Gasteiger partial charge in [-0.15, -0.1) is 0 Å². The standard InChI is InChI=1S/C50H31N3O.C31H28BN3O2.C25H15BrO/c1-2-14-34(15-3-1)47-51-48(53-49(52-47)37-30-25-32-13-4-5-16-36(32)31-37)35-28-26-33(27-29-35)38-18-12-22-43-46(38)39-17-6-7-19-40(39)50(43)41-20-8-10-23-44(41)54-45-24-11-9-21-42(45)50;1-30(2)31(3,4)37-32(36-30)26-18-16-23(17-19-26)28-33-27(22-11-6-5-7-12-22)34-29(35-28)25-15-14-21-10-8-9-13-24(21)20-25;26-21-13-7-12-20-24(21)16-8-1-2-9-17(16)25(20)18-10-3-5-14-22(18)27-23-15-6-4-11-19(23)25/h1-31H;5-20H,1-4H3;1-15H. The molecule has 2 aliphatic carbocycles. The fourth-order valence-electron chi connectivity index (χ4n) is 17.9. The van der Waals surface area contributed by atoms with Gasteiger partial charge in [-0.2, -0.15) is 0 Å². The molecule has 23 rings (SSSR count). The molecular formula is C106H74BBrN6O4. The maximum absolute atomic E-state index is 6.54. The van der Waals surface area contributed by atoms with E-state index >= 15 is 0 Å². The molecule has 0 saturated carbocycles. The molecule has 2 spiro atoms. The molecule has 18 aromatic rings. The molecule has 2 aromatic heterocycles. The van der Waals surface area contributed by atoms with Crippen LogP contribution in [-0.2, 0) is 20.1 Å². The fraction of sp³-hybridized carbons (Fsp3) is 0.0755. The van der Waals surface area contributed by atoms with Gasteiger partial charge >= 0.3 is 7.12 Å². The molecule has 0 amide bonds. The molecule has 16 aromatic carbocycles. The van der Waals surface area contributed by atoms with Gasteiger partial charge in [0.25, 0.3) is 0 Å². The lowest BCUT2D eigenvalue weighted by atomic mass is 9.66. The lowest BCUT2D eigenvalue weighted by Gasteiger charge is -2.39. The van der Waals surface area contributed by atoms with E-state index in [9.17, 15) is 0 Å². The number of para-hydroxylation sites is 4. The second-order valence-electron chi connectivity index (χ2n) is 31.4. The van der Waals surface area contributed by atoms with Gasteiger partial charge in [-0.3, -0.25) is 0 Å². The molecule has 118 heavy (non-hydrogen) atoms. The first-order valence-electron chi connectivity index (χ1n) is 39.9. The van der Waals surface area contributed by atoms with E-state index in [4.69, 9.17) is 48.7 Å². The van der Waals surface area contributed by atoms with Crippen LogP contribution in [-0.4, -0.2) is 48.2 Å². The van der Waals surface area contributed by atoms with Crippen LogP contribution in [0.25, 0.3) is 123 Å². The summed E-state index contributed by atoms with van der Waals surface area (Å²) in [7, 11) is -0.412. The van der Waals surface area contributed by atoms with Gasteiger partial charge in [0.1, 0.15) is 23.0 Å². The average Bonchev–Trinajstić information content (AvgIpc) is 1.51. The van der Waals surface area contributed by atoms with Crippen LogP contribution in [0.1, 0.15) is 72.2 Å². The van der Waals surface area contributed by atoms with E-state index < -0.39 is 12.5 Å². The minimum absolute atomic E-state index is 0.360. The molecule has 10 nitrogen and oxygen atoms in total. The highest BCUT2D eigenvalue weighted by molar-refractivity contribution is 9.10.